The van der Waals surface area contributed by atoms with Crippen molar-refractivity contribution in [3.05, 3.63) is 29.4 Å². The third-order valence-electron chi connectivity index (χ3n) is 2.09. The fourth-order valence-corrected chi connectivity index (χ4v) is 1.88. The maximum absolute atomic E-state index is 5.84. The Balaban J connectivity index is 2.14. The minimum absolute atomic E-state index is 0.404. The van der Waals surface area contributed by atoms with E-state index in [1.165, 1.54) is 0 Å². The highest BCUT2D eigenvalue weighted by atomic mass is 35.5. The third kappa shape index (κ3) is 2.43. The molecule has 0 bridgehead atoms. The summed E-state index contributed by atoms with van der Waals surface area (Å²) in [5, 5.41) is 3.51. The van der Waals surface area contributed by atoms with Crippen molar-refractivity contribution in [2.24, 2.45) is 0 Å². The van der Waals surface area contributed by atoms with Gasteiger partial charge >= 0.3 is 0 Å². The number of anilines is 3. The first-order valence-electron chi connectivity index (χ1n) is 4.69. The van der Waals surface area contributed by atoms with E-state index in [0.29, 0.717) is 11.0 Å². The van der Waals surface area contributed by atoms with E-state index in [2.05, 4.69) is 14.1 Å². The normalized spacial score (nSPS) is 10.2. The zero-order chi connectivity index (χ0) is 11.5. The summed E-state index contributed by atoms with van der Waals surface area (Å²) in [6.45, 7) is 0. The van der Waals surface area contributed by atoms with Crippen molar-refractivity contribution >= 4 is 40.5 Å². The Morgan fingerprint density at radius 2 is 1.88 bits per heavy atom. The van der Waals surface area contributed by atoms with Gasteiger partial charge in [0.25, 0.3) is 0 Å². The molecule has 0 aliphatic carbocycles. The van der Waals surface area contributed by atoms with Gasteiger partial charge in [0.1, 0.15) is 0 Å². The van der Waals surface area contributed by atoms with Crippen molar-refractivity contribution in [2.45, 2.75) is 0 Å². The highest BCUT2D eigenvalue weighted by Gasteiger charge is 2.05. The maximum Gasteiger partial charge on any atom is 0.187 e. The number of nitrogens with zero attached hydrogens (tertiary/aromatic N) is 3. The van der Waals surface area contributed by atoms with Crippen LogP contribution in [0.2, 0.25) is 5.15 Å². The topological polar surface area (TPSA) is 41.0 Å². The van der Waals surface area contributed by atoms with Crippen molar-refractivity contribution in [2.75, 3.05) is 24.3 Å². The molecule has 0 atom stereocenters. The molecule has 1 heterocycles. The quantitative estimate of drug-likeness (QED) is 0.914. The summed E-state index contributed by atoms with van der Waals surface area (Å²) in [5.41, 5.74) is 2.09. The summed E-state index contributed by atoms with van der Waals surface area (Å²) in [6, 6.07) is 8.00. The van der Waals surface area contributed by atoms with Crippen molar-refractivity contribution < 1.29 is 0 Å². The molecule has 1 N–H and O–H groups in total. The number of rotatable bonds is 3. The minimum Gasteiger partial charge on any atom is -0.378 e. The molecular weight excluding hydrogens is 244 g/mol. The molecule has 2 aromatic rings. The van der Waals surface area contributed by atoms with E-state index in [9.17, 15) is 0 Å². The zero-order valence-electron chi connectivity index (χ0n) is 8.94. The van der Waals surface area contributed by atoms with Crippen LogP contribution in [0.5, 0.6) is 0 Å². The second-order valence-electron chi connectivity index (χ2n) is 3.47. The first kappa shape index (κ1) is 11.2. The summed E-state index contributed by atoms with van der Waals surface area (Å²) in [7, 11) is 4.01. The zero-order valence-corrected chi connectivity index (χ0v) is 10.5. The summed E-state index contributed by atoms with van der Waals surface area (Å²) in [5.74, 6) is 0.601. The van der Waals surface area contributed by atoms with Gasteiger partial charge in [-0.25, -0.2) is 0 Å². The summed E-state index contributed by atoms with van der Waals surface area (Å²) in [4.78, 5) is 2.04. The molecule has 1 aromatic heterocycles. The Morgan fingerprint density at radius 3 is 2.38 bits per heavy atom. The largest absolute Gasteiger partial charge is 0.378 e. The molecule has 2 rings (SSSR count). The van der Waals surface area contributed by atoms with Crippen LogP contribution < -0.4 is 10.2 Å². The number of halogens is 1. The number of hydrogen-bond donors (Lipinski definition) is 1. The lowest BCUT2D eigenvalue weighted by molar-refractivity contribution is 1.13. The molecule has 6 heteroatoms. The van der Waals surface area contributed by atoms with Crippen LogP contribution >= 0.6 is 23.3 Å². The van der Waals surface area contributed by atoms with Crippen molar-refractivity contribution in [1.29, 1.82) is 0 Å². The average molecular weight is 255 g/mol. The van der Waals surface area contributed by atoms with E-state index in [0.717, 1.165) is 23.1 Å². The van der Waals surface area contributed by atoms with E-state index in [4.69, 9.17) is 11.6 Å². The van der Waals surface area contributed by atoms with E-state index < -0.39 is 0 Å². The van der Waals surface area contributed by atoms with E-state index >= 15 is 0 Å². The smallest absolute Gasteiger partial charge is 0.187 e. The fourth-order valence-electron chi connectivity index (χ4n) is 1.23. The van der Waals surface area contributed by atoms with E-state index in [1.807, 2.05) is 43.3 Å². The van der Waals surface area contributed by atoms with Crippen LogP contribution in [-0.2, 0) is 0 Å². The standard InChI is InChI=1S/C10H11ClN4S/c1-15(2)8-5-3-7(4-6-8)12-10-9(11)13-16-14-10/h3-6H,1-2H3,(H,12,14). The van der Waals surface area contributed by atoms with Crippen LogP contribution in [0, 0.1) is 0 Å². The number of aromatic nitrogens is 2. The SMILES string of the molecule is CN(C)c1ccc(Nc2nsnc2Cl)cc1. The van der Waals surface area contributed by atoms with Gasteiger partial charge in [0.15, 0.2) is 11.0 Å². The highest BCUT2D eigenvalue weighted by Crippen LogP contribution is 2.24. The van der Waals surface area contributed by atoms with Crippen LogP contribution in [0.4, 0.5) is 17.2 Å². The minimum atomic E-state index is 0.404. The van der Waals surface area contributed by atoms with Crippen LogP contribution in [0.3, 0.4) is 0 Å². The van der Waals surface area contributed by atoms with Gasteiger partial charge in [0.2, 0.25) is 0 Å². The Morgan fingerprint density at radius 1 is 1.19 bits per heavy atom. The Hall–Kier alpha value is -1.33. The lowest BCUT2D eigenvalue weighted by Gasteiger charge is -2.12. The lowest BCUT2D eigenvalue weighted by atomic mass is 10.2. The van der Waals surface area contributed by atoms with Crippen LogP contribution in [0.1, 0.15) is 0 Å². The summed E-state index contributed by atoms with van der Waals surface area (Å²) < 4.78 is 7.93. The average Bonchev–Trinajstić information content (AvgIpc) is 2.65. The first-order chi connectivity index (χ1) is 7.66. The number of hydrogen-bond acceptors (Lipinski definition) is 5. The molecule has 0 amide bonds. The first-order valence-corrected chi connectivity index (χ1v) is 5.80. The predicted octanol–water partition coefficient (Wildman–Crippen LogP) is 3.00. The van der Waals surface area contributed by atoms with E-state index in [1.54, 1.807) is 0 Å². The molecule has 0 saturated heterocycles. The van der Waals surface area contributed by atoms with Crippen molar-refractivity contribution in [3.63, 3.8) is 0 Å². The lowest BCUT2D eigenvalue weighted by Crippen LogP contribution is -2.08. The van der Waals surface area contributed by atoms with Gasteiger partial charge in [-0.15, -0.1) is 0 Å². The molecule has 84 valence electrons. The molecule has 0 aliphatic heterocycles. The van der Waals surface area contributed by atoms with Gasteiger partial charge in [-0.2, -0.15) is 8.75 Å². The highest BCUT2D eigenvalue weighted by molar-refractivity contribution is 6.99. The monoisotopic (exact) mass is 254 g/mol. The second kappa shape index (κ2) is 4.67. The Labute approximate surface area is 103 Å². The van der Waals surface area contributed by atoms with Gasteiger partial charge < -0.3 is 10.2 Å². The number of nitrogens with one attached hydrogen (secondary N) is 1. The molecule has 0 saturated carbocycles. The molecule has 1 aromatic carbocycles. The molecule has 0 radical (unpaired) electrons. The summed E-state index contributed by atoms with van der Waals surface area (Å²) in [6.07, 6.45) is 0. The fraction of sp³-hybridized carbons (Fsp3) is 0.200. The van der Waals surface area contributed by atoms with Crippen molar-refractivity contribution in [1.82, 2.24) is 8.75 Å². The number of benzene rings is 1. The molecule has 0 spiro atoms. The molecule has 0 aliphatic rings. The van der Waals surface area contributed by atoms with Gasteiger partial charge in [0.05, 0.1) is 11.7 Å². The van der Waals surface area contributed by atoms with Gasteiger partial charge in [-0.3, -0.25) is 0 Å². The van der Waals surface area contributed by atoms with E-state index in [-0.39, 0.29) is 0 Å². The van der Waals surface area contributed by atoms with Gasteiger partial charge in [-0.05, 0) is 24.3 Å². The third-order valence-corrected chi connectivity index (χ3v) is 2.99. The maximum atomic E-state index is 5.84. The van der Waals surface area contributed by atoms with Crippen LogP contribution in [0.15, 0.2) is 24.3 Å². The second-order valence-corrected chi connectivity index (χ2v) is 4.36. The van der Waals surface area contributed by atoms with Crippen LogP contribution in [-0.4, -0.2) is 22.8 Å². The Bertz CT molecular complexity index is 466. The molecule has 0 unspecified atom stereocenters. The summed E-state index contributed by atoms with van der Waals surface area (Å²) >= 11 is 6.93. The predicted molar refractivity (Wildman–Crippen MR) is 69.0 cm³/mol. The molecule has 16 heavy (non-hydrogen) atoms. The van der Waals surface area contributed by atoms with Gasteiger partial charge in [0, 0.05) is 25.5 Å². The molecule has 0 fully saturated rings. The molecular formula is C10H11ClN4S. The molecule has 4 nitrogen and oxygen atoms in total. The Kier molecular flexibility index (Phi) is 3.26. The van der Waals surface area contributed by atoms with Crippen molar-refractivity contribution in [3.8, 4) is 0 Å². The van der Waals surface area contributed by atoms with Gasteiger partial charge in [-0.1, -0.05) is 11.6 Å². The van der Waals surface area contributed by atoms with Crippen LogP contribution in [0.25, 0.3) is 0 Å².